The minimum absolute atomic E-state index is 0.529. The molecule has 0 aliphatic rings. The first kappa shape index (κ1) is 15.0. The molecule has 0 radical (unpaired) electrons. The number of benzene rings is 1. The molecule has 18 heavy (non-hydrogen) atoms. The number of ether oxygens (including phenoxy) is 1. The van der Waals surface area contributed by atoms with E-state index in [1.807, 2.05) is 31.2 Å². The highest BCUT2D eigenvalue weighted by molar-refractivity contribution is 9.10. The lowest BCUT2D eigenvalue weighted by atomic mass is 10.1. The Balaban J connectivity index is 3.03. The van der Waals surface area contributed by atoms with Gasteiger partial charge in [-0.05, 0) is 43.5 Å². The van der Waals surface area contributed by atoms with Crippen LogP contribution in [0.5, 0.6) is 5.75 Å². The fraction of sp³-hybridized carbons (Fsp3) is 0.375. The Morgan fingerprint density at radius 1 is 1.39 bits per heavy atom. The maximum absolute atomic E-state index is 5.87. The van der Waals surface area contributed by atoms with E-state index in [0.29, 0.717) is 5.92 Å². The molecule has 0 atom stereocenters. The summed E-state index contributed by atoms with van der Waals surface area (Å²) in [5.41, 5.74) is 2.34. The van der Waals surface area contributed by atoms with Crippen molar-refractivity contribution in [1.29, 1.82) is 0 Å². The van der Waals surface area contributed by atoms with Crippen molar-refractivity contribution in [3.05, 3.63) is 46.5 Å². The molecule has 0 bridgehead atoms. The average Bonchev–Trinajstić information content (AvgIpc) is 2.34. The van der Waals surface area contributed by atoms with Gasteiger partial charge >= 0.3 is 0 Å². The zero-order valence-corrected chi connectivity index (χ0v) is 13.1. The van der Waals surface area contributed by atoms with Crippen molar-refractivity contribution in [3.63, 3.8) is 0 Å². The summed E-state index contributed by atoms with van der Waals surface area (Å²) in [6.45, 7) is 9.17. The second-order valence-corrected chi connectivity index (χ2v) is 5.64. The predicted molar refractivity (Wildman–Crippen MR) is 82.9 cm³/mol. The first-order valence-electron chi connectivity index (χ1n) is 6.27. The van der Waals surface area contributed by atoms with E-state index in [2.05, 4.69) is 48.8 Å². The Bertz CT molecular complexity index is 444. The quantitative estimate of drug-likeness (QED) is 0.656. The lowest BCUT2D eigenvalue weighted by Crippen LogP contribution is -2.05. The van der Waals surface area contributed by atoms with E-state index in [4.69, 9.17) is 4.74 Å². The molecule has 0 unspecified atom stereocenters. The summed E-state index contributed by atoms with van der Waals surface area (Å²) in [7, 11) is 0. The van der Waals surface area contributed by atoms with Crippen molar-refractivity contribution in [2.75, 3.05) is 6.61 Å². The van der Waals surface area contributed by atoms with Gasteiger partial charge in [-0.3, -0.25) is 0 Å². The van der Waals surface area contributed by atoms with Crippen LogP contribution in [-0.2, 0) is 0 Å². The Hall–Kier alpha value is -1.02. The van der Waals surface area contributed by atoms with Gasteiger partial charge in [0.25, 0.3) is 0 Å². The van der Waals surface area contributed by atoms with Crippen LogP contribution in [0.1, 0.15) is 33.3 Å². The summed E-state index contributed by atoms with van der Waals surface area (Å²) in [6, 6.07) is 6.14. The van der Waals surface area contributed by atoms with E-state index in [1.54, 1.807) is 0 Å². The van der Waals surface area contributed by atoms with Gasteiger partial charge in [0.05, 0.1) is 6.61 Å². The minimum Gasteiger partial charge on any atom is -0.493 e. The molecular weight excluding hydrogens is 288 g/mol. The predicted octanol–water partition coefficient (Wildman–Crippen LogP) is 5.46. The van der Waals surface area contributed by atoms with E-state index < -0.39 is 0 Å². The number of allylic oxidation sites excluding steroid dienone is 4. The Kier molecular flexibility index (Phi) is 6.20. The fourth-order valence-electron chi connectivity index (χ4n) is 1.52. The van der Waals surface area contributed by atoms with Gasteiger partial charge in [-0.15, -0.1) is 0 Å². The molecule has 0 spiro atoms. The normalized spacial score (nSPS) is 12.4. The molecule has 0 heterocycles. The lowest BCUT2D eigenvalue weighted by Gasteiger charge is -2.14. The van der Waals surface area contributed by atoms with Crippen LogP contribution in [0.3, 0.4) is 0 Å². The van der Waals surface area contributed by atoms with Crippen molar-refractivity contribution < 1.29 is 4.74 Å². The molecule has 2 heteroatoms. The van der Waals surface area contributed by atoms with Gasteiger partial charge in [0.2, 0.25) is 0 Å². The molecule has 1 aromatic rings. The van der Waals surface area contributed by atoms with Gasteiger partial charge in [-0.2, -0.15) is 0 Å². The standard InChI is InChI=1S/C16H21BrO/c1-5-6-7-13(4)15-10-14(17)8-9-16(15)18-11-12(2)3/h5-10,12H,11H2,1-4H3/b6-5-,13-7+. The van der Waals surface area contributed by atoms with Gasteiger partial charge in [0.1, 0.15) is 5.75 Å². The molecule has 0 N–H and O–H groups in total. The number of hydrogen-bond acceptors (Lipinski definition) is 1. The molecule has 0 aliphatic heterocycles. The maximum atomic E-state index is 5.87. The maximum Gasteiger partial charge on any atom is 0.126 e. The fourth-order valence-corrected chi connectivity index (χ4v) is 1.88. The van der Waals surface area contributed by atoms with Gasteiger partial charge in [-0.25, -0.2) is 0 Å². The zero-order valence-electron chi connectivity index (χ0n) is 11.5. The Morgan fingerprint density at radius 3 is 2.72 bits per heavy atom. The Labute approximate surface area is 119 Å². The lowest BCUT2D eigenvalue weighted by molar-refractivity contribution is 0.270. The summed E-state index contributed by atoms with van der Waals surface area (Å²) in [4.78, 5) is 0. The van der Waals surface area contributed by atoms with Crippen LogP contribution < -0.4 is 4.74 Å². The van der Waals surface area contributed by atoms with Crippen molar-refractivity contribution in [2.24, 2.45) is 5.92 Å². The third kappa shape index (κ3) is 4.69. The van der Waals surface area contributed by atoms with E-state index in [9.17, 15) is 0 Å². The van der Waals surface area contributed by atoms with Crippen LogP contribution in [0.25, 0.3) is 5.57 Å². The first-order valence-corrected chi connectivity index (χ1v) is 7.06. The molecule has 0 saturated carbocycles. The van der Waals surface area contributed by atoms with E-state index in [1.165, 1.54) is 5.57 Å². The molecule has 0 aromatic heterocycles. The molecule has 0 aliphatic carbocycles. The number of hydrogen-bond donors (Lipinski definition) is 0. The number of rotatable bonds is 5. The van der Waals surface area contributed by atoms with E-state index in [-0.39, 0.29) is 0 Å². The highest BCUT2D eigenvalue weighted by Crippen LogP contribution is 2.29. The van der Waals surface area contributed by atoms with Crippen LogP contribution in [0.2, 0.25) is 0 Å². The molecule has 0 saturated heterocycles. The van der Waals surface area contributed by atoms with Crippen molar-refractivity contribution in [3.8, 4) is 5.75 Å². The molecule has 0 amide bonds. The van der Waals surface area contributed by atoms with Gasteiger partial charge < -0.3 is 4.74 Å². The van der Waals surface area contributed by atoms with Gasteiger partial charge in [-0.1, -0.05) is 48.0 Å². The Morgan fingerprint density at radius 2 is 2.11 bits per heavy atom. The van der Waals surface area contributed by atoms with Crippen LogP contribution in [-0.4, -0.2) is 6.61 Å². The molecular formula is C16H21BrO. The second-order valence-electron chi connectivity index (χ2n) is 4.72. The van der Waals surface area contributed by atoms with Crippen LogP contribution in [0.15, 0.2) is 40.9 Å². The minimum atomic E-state index is 0.529. The largest absolute Gasteiger partial charge is 0.493 e. The highest BCUT2D eigenvalue weighted by Gasteiger charge is 2.07. The molecule has 1 aromatic carbocycles. The van der Waals surface area contributed by atoms with Crippen LogP contribution >= 0.6 is 15.9 Å². The summed E-state index contributed by atoms with van der Waals surface area (Å²) in [6.07, 6.45) is 6.17. The van der Waals surface area contributed by atoms with Gasteiger partial charge in [0, 0.05) is 10.0 Å². The first-order chi connectivity index (χ1) is 8.54. The van der Waals surface area contributed by atoms with E-state index >= 15 is 0 Å². The van der Waals surface area contributed by atoms with E-state index in [0.717, 1.165) is 22.4 Å². The third-order valence-corrected chi connectivity index (χ3v) is 2.97. The SMILES string of the molecule is C/C=C\C=C(/C)c1cc(Br)ccc1OCC(C)C. The van der Waals surface area contributed by atoms with Crippen LogP contribution in [0.4, 0.5) is 0 Å². The topological polar surface area (TPSA) is 9.23 Å². The summed E-state index contributed by atoms with van der Waals surface area (Å²) in [5, 5.41) is 0. The molecule has 98 valence electrons. The molecule has 1 nitrogen and oxygen atoms in total. The smallest absolute Gasteiger partial charge is 0.126 e. The van der Waals surface area contributed by atoms with Gasteiger partial charge in [0.15, 0.2) is 0 Å². The number of halogens is 1. The molecule has 1 rings (SSSR count). The van der Waals surface area contributed by atoms with Crippen LogP contribution in [0, 0.1) is 5.92 Å². The summed E-state index contributed by atoms with van der Waals surface area (Å²) < 4.78 is 6.94. The molecule has 0 fully saturated rings. The monoisotopic (exact) mass is 308 g/mol. The van der Waals surface area contributed by atoms with Crippen molar-refractivity contribution in [1.82, 2.24) is 0 Å². The zero-order chi connectivity index (χ0) is 13.5. The summed E-state index contributed by atoms with van der Waals surface area (Å²) >= 11 is 3.51. The average molecular weight is 309 g/mol. The summed E-state index contributed by atoms with van der Waals surface area (Å²) in [5.74, 6) is 1.48. The van der Waals surface area contributed by atoms with Crippen molar-refractivity contribution in [2.45, 2.75) is 27.7 Å². The highest BCUT2D eigenvalue weighted by atomic mass is 79.9. The second kappa shape index (κ2) is 7.42. The van der Waals surface area contributed by atoms with Crippen molar-refractivity contribution >= 4 is 21.5 Å². The third-order valence-electron chi connectivity index (χ3n) is 2.48.